The molecular weight excluding hydrogens is 195 g/mol. The Balaban J connectivity index is 2.33. The number of nitrogens with two attached hydrogens (primary N) is 1. The molecule has 1 fully saturated rings. The van der Waals surface area contributed by atoms with E-state index in [0.717, 1.165) is 19.6 Å². The molecule has 1 heterocycles. The Morgan fingerprint density at radius 1 is 1.58 bits per heavy atom. The van der Waals surface area contributed by atoms with Gasteiger partial charge >= 0.3 is 0 Å². The van der Waals surface area contributed by atoms with Crippen LogP contribution >= 0.6 is 23.2 Å². The van der Waals surface area contributed by atoms with Gasteiger partial charge < -0.3 is 5.73 Å². The van der Waals surface area contributed by atoms with Gasteiger partial charge in [-0.15, -0.1) is 0 Å². The highest BCUT2D eigenvalue weighted by Crippen LogP contribution is 2.15. The molecule has 0 aromatic rings. The minimum Gasteiger partial charge on any atom is -0.326 e. The van der Waals surface area contributed by atoms with Crippen LogP contribution in [0.5, 0.6) is 0 Å². The fourth-order valence-electron chi connectivity index (χ4n) is 1.44. The summed E-state index contributed by atoms with van der Waals surface area (Å²) in [7, 11) is 0. The van der Waals surface area contributed by atoms with Crippen LogP contribution in [0, 0.1) is 5.92 Å². The molecule has 0 radical (unpaired) electrons. The maximum atomic E-state index is 5.85. The predicted molar refractivity (Wildman–Crippen MR) is 53.4 cm³/mol. The molecule has 0 spiro atoms. The van der Waals surface area contributed by atoms with Gasteiger partial charge in [-0.1, -0.05) is 30.1 Å². The fraction of sp³-hybridized carbons (Fsp3) is 0.750. The van der Waals surface area contributed by atoms with E-state index < -0.39 is 0 Å². The van der Waals surface area contributed by atoms with Crippen LogP contribution in [0.25, 0.3) is 0 Å². The van der Waals surface area contributed by atoms with Crippen molar-refractivity contribution in [2.45, 2.75) is 13.0 Å². The van der Waals surface area contributed by atoms with Crippen LogP contribution in [0.1, 0.15) is 6.92 Å². The molecule has 0 bridgehead atoms. The molecular formula is C8H14Cl2N2. The molecule has 2 unspecified atom stereocenters. The molecule has 1 aliphatic rings. The summed E-state index contributed by atoms with van der Waals surface area (Å²) in [6, 6.07) is 0.299. The standard InChI is InChI=1S/C8H14Cl2N2/c1-6-4-12(5-7(6)11)3-2-8(9)10/h2,6-7H,3-5,11H2,1H3. The van der Waals surface area contributed by atoms with Crippen molar-refractivity contribution in [1.82, 2.24) is 4.90 Å². The normalized spacial score (nSPS) is 30.7. The first-order valence-corrected chi connectivity index (χ1v) is 4.84. The lowest BCUT2D eigenvalue weighted by molar-refractivity contribution is 0.362. The largest absolute Gasteiger partial charge is 0.326 e. The van der Waals surface area contributed by atoms with Gasteiger partial charge in [0.2, 0.25) is 0 Å². The molecule has 1 saturated heterocycles. The van der Waals surface area contributed by atoms with Gasteiger partial charge in [-0.05, 0) is 12.0 Å². The smallest absolute Gasteiger partial charge is 0.104 e. The molecule has 0 saturated carbocycles. The zero-order chi connectivity index (χ0) is 9.14. The van der Waals surface area contributed by atoms with Crippen molar-refractivity contribution < 1.29 is 0 Å². The van der Waals surface area contributed by atoms with E-state index in [9.17, 15) is 0 Å². The summed E-state index contributed by atoms with van der Waals surface area (Å²) in [5, 5.41) is 0. The van der Waals surface area contributed by atoms with Gasteiger partial charge in [0, 0.05) is 25.7 Å². The number of hydrogen-bond acceptors (Lipinski definition) is 2. The maximum absolute atomic E-state index is 5.85. The van der Waals surface area contributed by atoms with E-state index in [2.05, 4.69) is 11.8 Å². The van der Waals surface area contributed by atoms with Gasteiger partial charge in [0.1, 0.15) is 4.49 Å². The second-order valence-corrected chi connectivity index (χ2v) is 4.36. The maximum Gasteiger partial charge on any atom is 0.104 e. The lowest BCUT2D eigenvalue weighted by Crippen LogP contribution is -2.28. The SMILES string of the molecule is CC1CN(CC=C(Cl)Cl)CC1N. The van der Waals surface area contributed by atoms with E-state index in [1.165, 1.54) is 0 Å². The lowest BCUT2D eigenvalue weighted by Gasteiger charge is -2.11. The number of likely N-dealkylation sites (tertiary alicyclic amines) is 1. The minimum atomic E-state index is 0.299. The van der Waals surface area contributed by atoms with E-state index in [4.69, 9.17) is 28.9 Å². The fourth-order valence-corrected chi connectivity index (χ4v) is 1.58. The summed E-state index contributed by atoms with van der Waals surface area (Å²) >= 11 is 11.0. The molecule has 0 aromatic carbocycles. The Morgan fingerprint density at radius 2 is 2.25 bits per heavy atom. The zero-order valence-electron chi connectivity index (χ0n) is 7.13. The van der Waals surface area contributed by atoms with Crippen molar-refractivity contribution in [3.8, 4) is 0 Å². The van der Waals surface area contributed by atoms with Gasteiger partial charge in [0.05, 0.1) is 0 Å². The molecule has 1 rings (SSSR count). The van der Waals surface area contributed by atoms with Crippen LogP contribution in [0.15, 0.2) is 10.6 Å². The third-order valence-electron chi connectivity index (χ3n) is 2.25. The average molecular weight is 209 g/mol. The Labute approximate surface area is 83.3 Å². The second-order valence-electron chi connectivity index (χ2n) is 3.35. The molecule has 2 atom stereocenters. The van der Waals surface area contributed by atoms with Crippen molar-refractivity contribution in [1.29, 1.82) is 0 Å². The molecule has 4 heteroatoms. The topological polar surface area (TPSA) is 29.3 Å². The summed E-state index contributed by atoms with van der Waals surface area (Å²) in [4.78, 5) is 2.25. The predicted octanol–water partition coefficient (Wildman–Crippen LogP) is 1.58. The number of nitrogens with zero attached hydrogens (tertiary/aromatic N) is 1. The summed E-state index contributed by atoms with van der Waals surface area (Å²) in [6.07, 6.45) is 1.80. The zero-order valence-corrected chi connectivity index (χ0v) is 8.65. The van der Waals surface area contributed by atoms with Crippen molar-refractivity contribution in [2.75, 3.05) is 19.6 Å². The number of hydrogen-bond donors (Lipinski definition) is 1. The Hall–Kier alpha value is 0.240. The van der Waals surface area contributed by atoms with Gasteiger partial charge in [0.25, 0.3) is 0 Å². The lowest BCUT2D eigenvalue weighted by atomic mass is 10.1. The Morgan fingerprint density at radius 3 is 2.67 bits per heavy atom. The van der Waals surface area contributed by atoms with Crippen molar-refractivity contribution >= 4 is 23.2 Å². The van der Waals surface area contributed by atoms with Crippen LogP contribution in [-0.4, -0.2) is 30.6 Å². The second kappa shape index (κ2) is 4.47. The van der Waals surface area contributed by atoms with Gasteiger partial charge in [-0.3, -0.25) is 4.90 Å². The quantitative estimate of drug-likeness (QED) is 0.748. The summed E-state index contributed by atoms with van der Waals surface area (Å²) in [5.41, 5.74) is 5.85. The van der Waals surface area contributed by atoms with E-state index in [1.807, 2.05) is 0 Å². The molecule has 12 heavy (non-hydrogen) atoms. The van der Waals surface area contributed by atoms with E-state index in [1.54, 1.807) is 6.08 Å². The summed E-state index contributed by atoms with van der Waals surface area (Å²) in [6.45, 7) is 4.95. The van der Waals surface area contributed by atoms with Crippen molar-refractivity contribution in [2.24, 2.45) is 11.7 Å². The Bertz CT molecular complexity index is 168. The number of rotatable bonds is 2. The molecule has 0 aliphatic carbocycles. The van der Waals surface area contributed by atoms with Gasteiger partial charge in [-0.25, -0.2) is 0 Å². The van der Waals surface area contributed by atoms with Crippen molar-refractivity contribution in [3.63, 3.8) is 0 Å². The van der Waals surface area contributed by atoms with Crippen LogP contribution in [0.2, 0.25) is 0 Å². The highest BCUT2D eigenvalue weighted by Gasteiger charge is 2.25. The highest BCUT2D eigenvalue weighted by atomic mass is 35.5. The van der Waals surface area contributed by atoms with Crippen LogP contribution in [0.4, 0.5) is 0 Å². The monoisotopic (exact) mass is 208 g/mol. The van der Waals surface area contributed by atoms with Crippen LogP contribution in [-0.2, 0) is 0 Å². The van der Waals surface area contributed by atoms with Gasteiger partial charge in [0.15, 0.2) is 0 Å². The first-order valence-electron chi connectivity index (χ1n) is 4.08. The van der Waals surface area contributed by atoms with Crippen LogP contribution in [0.3, 0.4) is 0 Å². The van der Waals surface area contributed by atoms with E-state index in [0.29, 0.717) is 16.5 Å². The summed E-state index contributed by atoms with van der Waals surface area (Å²) < 4.78 is 0.336. The first-order chi connectivity index (χ1) is 5.59. The first kappa shape index (κ1) is 10.3. The molecule has 2 nitrogen and oxygen atoms in total. The van der Waals surface area contributed by atoms with Crippen molar-refractivity contribution in [3.05, 3.63) is 10.6 Å². The third-order valence-corrected chi connectivity index (χ3v) is 2.56. The number of halogens is 2. The minimum absolute atomic E-state index is 0.299. The highest BCUT2D eigenvalue weighted by molar-refractivity contribution is 6.55. The average Bonchev–Trinajstić information content (AvgIpc) is 2.28. The summed E-state index contributed by atoms with van der Waals surface area (Å²) in [5.74, 6) is 0.576. The van der Waals surface area contributed by atoms with E-state index in [-0.39, 0.29) is 0 Å². The molecule has 1 aliphatic heterocycles. The Kier molecular flexibility index (Phi) is 3.84. The third kappa shape index (κ3) is 2.94. The van der Waals surface area contributed by atoms with Gasteiger partial charge in [-0.2, -0.15) is 0 Å². The molecule has 70 valence electrons. The van der Waals surface area contributed by atoms with Crippen LogP contribution < -0.4 is 5.73 Å². The van der Waals surface area contributed by atoms with E-state index >= 15 is 0 Å². The molecule has 0 aromatic heterocycles. The molecule has 0 amide bonds. The molecule has 2 N–H and O–H groups in total.